The lowest BCUT2D eigenvalue weighted by molar-refractivity contribution is 0.627. The summed E-state index contributed by atoms with van der Waals surface area (Å²) >= 11 is 1.32. The Hall–Kier alpha value is -1.62. The van der Waals surface area contributed by atoms with Crippen molar-refractivity contribution in [3.63, 3.8) is 0 Å². The van der Waals surface area contributed by atoms with E-state index in [1.807, 2.05) is 6.92 Å². The maximum absolute atomic E-state index is 12.8. The number of nitrogens with zero attached hydrogens (tertiary/aromatic N) is 2. The zero-order valence-electron chi connectivity index (χ0n) is 8.64. The zero-order valence-corrected chi connectivity index (χ0v) is 9.46. The number of aromatic nitrogens is 2. The molecule has 0 saturated heterocycles. The van der Waals surface area contributed by atoms with E-state index in [4.69, 9.17) is 5.73 Å². The molecule has 2 rings (SSSR count). The van der Waals surface area contributed by atoms with Gasteiger partial charge in [0.25, 0.3) is 0 Å². The van der Waals surface area contributed by atoms with Crippen LogP contribution in [-0.2, 0) is 0 Å². The largest absolute Gasteiger partial charge is 0.398 e. The van der Waals surface area contributed by atoms with Crippen LogP contribution in [-0.4, -0.2) is 9.97 Å². The molecule has 0 aliphatic carbocycles. The van der Waals surface area contributed by atoms with Gasteiger partial charge in [-0.3, -0.25) is 0 Å². The summed E-state index contributed by atoms with van der Waals surface area (Å²) in [6.45, 7) is 1.92. The molecular formula is C11H10FN3S. The Morgan fingerprint density at radius 2 is 1.94 bits per heavy atom. The highest BCUT2D eigenvalue weighted by molar-refractivity contribution is 7.99. The third-order valence-corrected chi connectivity index (χ3v) is 2.92. The fourth-order valence-electron chi connectivity index (χ4n) is 1.14. The van der Waals surface area contributed by atoms with Gasteiger partial charge in [-0.1, -0.05) is 0 Å². The highest BCUT2D eigenvalue weighted by Gasteiger charge is 2.04. The second kappa shape index (κ2) is 4.49. The first-order valence-electron chi connectivity index (χ1n) is 4.66. The minimum atomic E-state index is -0.341. The summed E-state index contributed by atoms with van der Waals surface area (Å²) in [7, 11) is 0. The summed E-state index contributed by atoms with van der Waals surface area (Å²) in [5, 5.41) is 0.601. The van der Waals surface area contributed by atoms with E-state index < -0.39 is 0 Å². The van der Waals surface area contributed by atoms with Crippen LogP contribution >= 0.6 is 11.8 Å². The van der Waals surface area contributed by atoms with Crippen LogP contribution in [0.3, 0.4) is 0 Å². The predicted molar refractivity (Wildman–Crippen MR) is 61.7 cm³/mol. The lowest BCUT2D eigenvalue weighted by atomic mass is 10.3. The lowest BCUT2D eigenvalue weighted by Gasteiger charge is -2.03. The number of aryl methyl sites for hydroxylation is 1. The maximum Gasteiger partial charge on any atom is 0.192 e. The molecule has 0 aliphatic heterocycles. The number of nitrogen functional groups attached to an aromatic ring is 1. The molecule has 2 aromatic rings. The average molecular weight is 235 g/mol. The van der Waals surface area contributed by atoms with Gasteiger partial charge in [0, 0.05) is 23.0 Å². The minimum Gasteiger partial charge on any atom is -0.398 e. The SMILES string of the molecule is Cc1cnc(Sc2ccc(F)cc2N)nc1. The Bertz CT molecular complexity index is 499. The molecule has 0 spiro atoms. The molecule has 0 bridgehead atoms. The van der Waals surface area contributed by atoms with Crippen molar-refractivity contribution in [3.8, 4) is 0 Å². The zero-order chi connectivity index (χ0) is 11.5. The minimum absolute atomic E-state index is 0.341. The molecule has 0 amide bonds. The first-order valence-corrected chi connectivity index (χ1v) is 5.48. The van der Waals surface area contributed by atoms with Gasteiger partial charge in [-0.05, 0) is 42.4 Å². The molecule has 3 nitrogen and oxygen atoms in total. The van der Waals surface area contributed by atoms with Crippen molar-refractivity contribution in [3.05, 3.63) is 42.0 Å². The number of hydrogen-bond donors (Lipinski definition) is 1. The van der Waals surface area contributed by atoms with Crippen LogP contribution in [0.2, 0.25) is 0 Å². The molecule has 0 aliphatic rings. The second-order valence-corrected chi connectivity index (χ2v) is 4.34. The van der Waals surface area contributed by atoms with Crippen molar-refractivity contribution >= 4 is 17.4 Å². The molecular weight excluding hydrogens is 225 g/mol. The Morgan fingerprint density at radius 1 is 1.25 bits per heavy atom. The van der Waals surface area contributed by atoms with Gasteiger partial charge < -0.3 is 5.73 Å². The first kappa shape index (κ1) is 10.9. The molecule has 82 valence electrons. The van der Waals surface area contributed by atoms with E-state index >= 15 is 0 Å². The average Bonchev–Trinajstić information content (AvgIpc) is 2.25. The number of nitrogens with two attached hydrogens (primary N) is 1. The van der Waals surface area contributed by atoms with Gasteiger partial charge in [0.1, 0.15) is 5.82 Å². The van der Waals surface area contributed by atoms with Crippen molar-refractivity contribution in [1.29, 1.82) is 0 Å². The van der Waals surface area contributed by atoms with Gasteiger partial charge in [-0.2, -0.15) is 0 Å². The molecule has 2 N–H and O–H groups in total. The second-order valence-electron chi connectivity index (χ2n) is 3.33. The van der Waals surface area contributed by atoms with Gasteiger partial charge in [-0.15, -0.1) is 0 Å². The van der Waals surface area contributed by atoms with Crippen LogP contribution in [0.25, 0.3) is 0 Å². The molecule has 0 fully saturated rings. The predicted octanol–water partition coefficient (Wildman–Crippen LogP) is 2.66. The van der Waals surface area contributed by atoms with Crippen molar-refractivity contribution < 1.29 is 4.39 Å². The van der Waals surface area contributed by atoms with E-state index in [9.17, 15) is 4.39 Å². The first-order chi connectivity index (χ1) is 7.65. The molecule has 0 saturated carbocycles. The highest BCUT2D eigenvalue weighted by Crippen LogP contribution is 2.29. The van der Waals surface area contributed by atoms with E-state index in [1.165, 1.54) is 23.9 Å². The van der Waals surface area contributed by atoms with Crippen molar-refractivity contribution in [2.24, 2.45) is 0 Å². The van der Waals surface area contributed by atoms with E-state index in [1.54, 1.807) is 18.5 Å². The summed E-state index contributed by atoms with van der Waals surface area (Å²) in [6, 6.07) is 4.28. The van der Waals surface area contributed by atoms with E-state index in [2.05, 4.69) is 9.97 Å². The number of hydrogen-bond acceptors (Lipinski definition) is 4. The summed E-state index contributed by atoms with van der Waals surface area (Å²) in [5.41, 5.74) is 7.08. The van der Waals surface area contributed by atoms with Gasteiger partial charge >= 0.3 is 0 Å². The molecule has 1 aromatic carbocycles. The quantitative estimate of drug-likeness (QED) is 0.642. The Balaban J connectivity index is 2.23. The van der Waals surface area contributed by atoms with Crippen LogP contribution in [0.5, 0.6) is 0 Å². The normalized spacial score (nSPS) is 10.4. The number of anilines is 1. The molecule has 16 heavy (non-hydrogen) atoms. The van der Waals surface area contributed by atoms with Crippen molar-refractivity contribution in [2.75, 3.05) is 5.73 Å². The van der Waals surface area contributed by atoms with Crippen LogP contribution in [0.4, 0.5) is 10.1 Å². The lowest BCUT2D eigenvalue weighted by Crippen LogP contribution is -1.92. The summed E-state index contributed by atoms with van der Waals surface area (Å²) in [6.07, 6.45) is 3.46. The third kappa shape index (κ3) is 2.49. The monoisotopic (exact) mass is 235 g/mol. The fourth-order valence-corrected chi connectivity index (χ4v) is 1.86. The van der Waals surface area contributed by atoms with Crippen LogP contribution in [0.15, 0.2) is 40.6 Å². The molecule has 0 unspecified atom stereocenters. The summed E-state index contributed by atoms with van der Waals surface area (Å²) < 4.78 is 12.8. The topological polar surface area (TPSA) is 51.8 Å². The molecule has 1 aromatic heterocycles. The standard InChI is InChI=1S/C11H10FN3S/c1-7-5-14-11(15-6-7)16-10-3-2-8(12)4-9(10)13/h2-6H,13H2,1H3. The van der Waals surface area contributed by atoms with Crippen molar-refractivity contribution in [2.45, 2.75) is 17.0 Å². The van der Waals surface area contributed by atoms with Crippen LogP contribution < -0.4 is 5.73 Å². The number of rotatable bonds is 2. The third-order valence-electron chi connectivity index (χ3n) is 1.93. The highest BCUT2D eigenvalue weighted by atomic mass is 32.2. The van der Waals surface area contributed by atoms with Crippen molar-refractivity contribution in [1.82, 2.24) is 9.97 Å². The van der Waals surface area contributed by atoms with Gasteiger partial charge in [0.15, 0.2) is 5.16 Å². The Kier molecular flexibility index (Phi) is 3.05. The van der Waals surface area contributed by atoms with Crippen LogP contribution in [0, 0.1) is 12.7 Å². The smallest absolute Gasteiger partial charge is 0.192 e. The summed E-state index contributed by atoms with van der Waals surface area (Å²) in [4.78, 5) is 9.03. The summed E-state index contributed by atoms with van der Waals surface area (Å²) in [5.74, 6) is -0.341. The molecule has 0 atom stereocenters. The van der Waals surface area contributed by atoms with E-state index in [0.29, 0.717) is 10.8 Å². The van der Waals surface area contributed by atoms with Gasteiger partial charge in [-0.25, -0.2) is 14.4 Å². The Morgan fingerprint density at radius 3 is 2.56 bits per heavy atom. The maximum atomic E-state index is 12.8. The Labute approximate surface area is 96.9 Å². The van der Waals surface area contributed by atoms with E-state index in [-0.39, 0.29) is 5.82 Å². The molecule has 1 heterocycles. The van der Waals surface area contributed by atoms with Gasteiger partial charge in [0.05, 0.1) is 0 Å². The fraction of sp³-hybridized carbons (Fsp3) is 0.0909. The van der Waals surface area contributed by atoms with Crippen LogP contribution in [0.1, 0.15) is 5.56 Å². The molecule has 5 heteroatoms. The number of halogens is 1. The molecule has 0 radical (unpaired) electrons. The number of benzene rings is 1. The van der Waals surface area contributed by atoms with Gasteiger partial charge in [0.2, 0.25) is 0 Å². The van der Waals surface area contributed by atoms with E-state index in [0.717, 1.165) is 10.5 Å².